The van der Waals surface area contributed by atoms with Gasteiger partial charge in [-0.2, -0.15) is 0 Å². The van der Waals surface area contributed by atoms with Gasteiger partial charge in [0, 0.05) is 49.5 Å². The maximum absolute atomic E-state index is 12.8. The number of para-hydroxylation sites is 2. The van der Waals surface area contributed by atoms with Crippen LogP contribution in [0.1, 0.15) is 10.4 Å². The van der Waals surface area contributed by atoms with E-state index in [1.807, 2.05) is 36.4 Å². The van der Waals surface area contributed by atoms with Crippen LogP contribution in [0, 0.1) is 0 Å². The summed E-state index contributed by atoms with van der Waals surface area (Å²) in [6, 6.07) is 18.4. The predicted octanol–water partition coefficient (Wildman–Crippen LogP) is 3.36. The van der Waals surface area contributed by atoms with Crippen LogP contribution in [0.15, 0.2) is 73.1 Å². The van der Waals surface area contributed by atoms with Gasteiger partial charge in [-0.1, -0.05) is 24.3 Å². The quantitative estimate of drug-likeness (QED) is 0.557. The van der Waals surface area contributed by atoms with E-state index in [9.17, 15) is 9.90 Å². The van der Waals surface area contributed by atoms with Gasteiger partial charge in [0.05, 0.1) is 11.1 Å². The zero-order valence-corrected chi connectivity index (χ0v) is 16.8. The summed E-state index contributed by atoms with van der Waals surface area (Å²) in [6.07, 6.45) is 3.49. The molecule has 2 aromatic heterocycles. The molecule has 2 aromatic carbocycles. The lowest BCUT2D eigenvalue weighted by Gasteiger charge is -2.36. The molecule has 5 rings (SSSR count). The van der Waals surface area contributed by atoms with E-state index in [4.69, 9.17) is 9.97 Å². The van der Waals surface area contributed by atoms with E-state index in [2.05, 4.69) is 9.88 Å². The van der Waals surface area contributed by atoms with Crippen LogP contribution in [0.25, 0.3) is 22.3 Å². The first-order valence-electron chi connectivity index (χ1n) is 10.2. The number of carbonyl (C=O) groups excluding carboxylic acids is 1. The fraction of sp³-hybridized carbons (Fsp3) is 0.167. The van der Waals surface area contributed by atoms with Crippen LogP contribution in [-0.4, -0.2) is 57.0 Å². The van der Waals surface area contributed by atoms with Crippen LogP contribution >= 0.6 is 0 Å². The highest BCUT2D eigenvalue weighted by molar-refractivity contribution is 5.97. The molecule has 1 amide bonds. The van der Waals surface area contributed by atoms with Gasteiger partial charge in [0.25, 0.3) is 5.91 Å². The van der Waals surface area contributed by atoms with Gasteiger partial charge in [0.2, 0.25) is 0 Å². The maximum Gasteiger partial charge on any atom is 0.257 e. The Balaban J connectivity index is 1.43. The van der Waals surface area contributed by atoms with Crippen LogP contribution in [0.4, 0.5) is 5.82 Å². The van der Waals surface area contributed by atoms with Gasteiger partial charge in [-0.15, -0.1) is 0 Å². The molecule has 3 heterocycles. The van der Waals surface area contributed by atoms with Gasteiger partial charge in [0.15, 0.2) is 5.82 Å². The molecule has 0 saturated carbocycles. The number of hydrogen-bond acceptors (Lipinski definition) is 6. The number of benzene rings is 2. The number of fused-ring (bicyclic) bond motifs is 1. The molecule has 7 heteroatoms. The number of carbonyl (C=O) groups is 1. The van der Waals surface area contributed by atoms with Gasteiger partial charge >= 0.3 is 0 Å². The summed E-state index contributed by atoms with van der Waals surface area (Å²) >= 11 is 0. The molecule has 0 spiro atoms. The molecule has 1 N–H and O–H groups in total. The summed E-state index contributed by atoms with van der Waals surface area (Å²) in [5, 5.41) is 11.0. The van der Waals surface area contributed by atoms with Crippen molar-refractivity contribution in [3.63, 3.8) is 0 Å². The lowest BCUT2D eigenvalue weighted by molar-refractivity contribution is 0.0743. The Morgan fingerprint density at radius 1 is 0.871 bits per heavy atom. The summed E-state index contributed by atoms with van der Waals surface area (Å²) in [4.78, 5) is 30.6. The Labute approximate surface area is 179 Å². The van der Waals surface area contributed by atoms with Crippen LogP contribution in [0.5, 0.6) is 5.75 Å². The minimum atomic E-state index is -0.152. The third-order valence-corrected chi connectivity index (χ3v) is 5.50. The normalized spacial score (nSPS) is 14.1. The molecule has 0 atom stereocenters. The molecule has 1 fully saturated rings. The topological polar surface area (TPSA) is 82.5 Å². The van der Waals surface area contributed by atoms with Crippen molar-refractivity contribution >= 4 is 22.6 Å². The second kappa shape index (κ2) is 8.02. The van der Waals surface area contributed by atoms with E-state index >= 15 is 0 Å². The minimum absolute atomic E-state index is 0.0119. The average molecular weight is 411 g/mol. The number of hydrogen-bond donors (Lipinski definition) is 1. The first kappa shape index (κ1) is 19.0. The molecule has 0 radical (unpaired) electrons. The van der Waals surface area contributed by atoms with Crippen LogP contribution in [0.2, 0.25) is 0 Å². The van der Waals surface area contributed by atoms with Crippen LogP contribution in [-0.2, 0) is 0 Å². The highest BCUT2D eigenvalue weighted by Crippen LogP contribution is 2.28. The third kappa shape index (κ3) is 3.66. The average Bonchev–Trinajstić information content (AvgIpc) is 2.84. The standard InChI is InChI=1S/C24H21N5O2/c30-21-10-4-2-8-19(21)24(31)29-14-12-28(13-15-29)23-18-7-1-3-9-20(18)26-22(27-23)17-6-5-11-25-16-17/h1-11,16,30H,12-15H2. The van der Waals surface area contributed by atoms with Crippen molar-refractivity contribution in [1.82, 2.24) is 19.9 Å². The van der Waals surface area contributed by atoms with Gasteiger partial charge in [0.1, 0.15) is 11.6 Å². The monoisotopic (exact) mass is 411 g/mol. The number of phenols is 1. The third-order valence-electron chi connectivity index (χ3n) is 5.50. The Kier molecular flexibility index (Phi) is 4.92. The second-order valence-electron chi connectivity index (χ2n) is 7.43. The van der Waals surface area contributed by atoms with E-state index in [1.54, 1.807) is 35.5 Å². The fourth-order valence-corrected chi connectivity index (χ4v) is 3.87. The SMILES string of the molecule is O=C(c1ccccc1O)N1CCN(c2nc(-c3cccnc3)nc3ccccc23)CC1. The first-order valence-corrected chi connectivity index (χ1v) is 10.2. The van der Waals surface area contributed by atoms with Gasteiger partial charge in [-0.3, -0.25) is 9.78 Å². The van der Waals surface area contributed by atoms with Crippen molar-refractivity contribution in [2.24, 2.45) is 0 Å². The van der Waals surface area contributed by atoms with Gasteiger partial charge < -0.3 is 14.9 Å². The number of aromatic hydroxyl groups is 1. The van der Waals surface area contributed by atoms with E-state index in [0.717, 1.165) is 22.3 Å². The highest BCUT2D eigenvalue weighted by Gasteiger charge is 2.25. The fourth-order valence-electron chi connectivity index (χ4n) is 3.87. The smallest absolute Gasteiger partial charge is 0.257 e. The van der Waals surface area contributed by atoms with Crippen molar-refractivity contribution in [2.45, 2.75) is 0 Å². The number of nitrogens with zero attached hydrogens (tertiary/aromatic N) is 5. The molecule has 154 valence electrons. The molecular formula is C24H21N5O2. The molecule has 1 saturated heterocycles. The molecule has 4 aromatic rings. The van der Waals surface area contributed by atoms with Crippen molar-refractivity contribution in [3.8, 4) is 17.1 Å². The Morgan fingerprint density at radius 3 is 2.42 bits per heavy atom. The first-order chi connectivity index (χ1) is 15.2. The van der Waals surface area contributed by atoms with Crippen molar-refractivity contribution in [2.75, 3.05) is 31.1 Å². The Morgan fingerprint density at radius 2 is 1.65 bits per heavy atom. The van der Waals surface area contributed by atoms with E-state index < -0.39 is 0 Å². The summed E-state index contributed by atoms with van der Waals surface area (Å²) in [7, 11) is 0. The molecular weight excluding hydrogens is 390 g/mol. The summed E-state index contributed by atoms with van der Waals surface area (Å²) in [5.41, 5.74) is 2.07. The molecule has 7 nitrogen and oxygen atoms in total. The number of amides is 1. The van der Waals surface area contributed by atoms with Crippen molar-refractivity contribution in [3.05, 3.63) is 78.6 Å². The number of rotatable bonds is 3. The molecule has 0 bridgehead atoms. The number of aromatic nitrogens is 3. The van der Waals surface area contributed by atoms with E-state index in [1.165, 1.54) is 6.07 Å². The number of phenolic OH excluding ortho intramolecular Hbond substituents is 1. The lowest BCUT2D eigenvalue weighted by Crippen LogP contribution is -2.49. The predicted molar refractivity (Wildman–Crippen MR) is 119 cm³/mol. The van der Waals surface area contributed by atoms with Crippen LogP contribution < -0.4 is 4.90 Å². The van der Waals surface area contributed by atoms with E-state index in [0.29, 0.717) is 37.6 Å². The van der Waals surface area contributed by atoms with Crippen molar-refractivity contribution in [1.29, 1.82) is 0 Å². The minimum Gasteiger partial charge on any atom is -0.507 e. The highest BCUT2D eigenvalue weighted by atomic mass is 16.3. The molecule has 1 aliphatic heterocycles. The Bertz CT molecular complexity index is 1240. The zero-order chi connectivity index (χ0) is 21.2. The van der Waals surface area contributed by atoms with E-state index in [-0.39, 0.29) is 11.7 Å². The number of pyridine rings is 1. The van der Waals surface area contributed by atoms with Gasteiger partial charge in [-0.05, 0) is 36.4 Å². The second-order valence-corrected chi connectivity index (χ2v) is 7.43. The lowest BCUT2D eigenvalue weighted by atomic mass is 10.1. The molecule has 0 unspecified atom stereocenters. The largest absolute Gasteiger partial charge is 0.507 e. The summed E-state index contributed by atoms with van der Waals surface area (Å²) < 4.78 is 0. The van der Waals surface area contributed by atoms with Crippen molar-refractivity contribution < 1.29 is 9.90 Å². The number of anilines is 1. The number of piperazine rings is 1. The molecule has 1 aliphatic rings. The Hall–Kier alpha value is -4.00. The molecule has 31 heavy (non-hydrogen) atoms. The zero-order valence-electron chi connectivity index (χ0n) is 16.8. The molecule has 0 aliphatic carbocycles. The van der Waals surface area contributed by atoms with Crippen LogP contribution in [0.3, 0.4) is 0 Å². The maximum atomic E-state index is 12.8. The summed E-state index contributed by atoms with van der Waals surface area (Å²) in [5.74, 6) is 1.35. The van der Waals surface area contributed by atoms with Gasteiger partial charge in [-0.25, -0.2) is 9.97 Å². The summed E-state index contributed by atoms with van der Waals surface area (Å²) in [6.45, 7) is 2.39.